The van der Waals surface area contributed by atoms with E-state index in [1.165, 1.54) is 25.7 Å². The molecule has 0 amide bonds. The predicted molar refractivity (Wildman–Crippen MR) is 59.7 cm³/mol. The van der Waals surface area contributed by atoms with Gasteiger partial charge in [0, 0.05) is 0 Å². The Hall–Kier alpha value is -0.780. The van der Waals surface area contributed by atoms with Crippen molar-refractivity contribution in [2.75, 3.05) is 0 Å². The lowest BCUT2D eigenvalue weighted by atomic mass is 9.95. The van der Waals surface area contributed by atoms with Crippen molar-refractivity contribution in [2.45, 2.75) is 38.5 Å². The number of allylic oxidation sites excluding steroid dienone is 4. The highest BCUT2D eigenvalue weighted by Gasteiger charge is 2.11. The standard InChI is InChI=1S/C13H20/c1-3-5-7-12(6-4-2)8-9-13-10-11-13/h3-4,9,12H,1-2,5-8,10-11H2. The van der Waals surface area contributed by atoms with Crippen LogP contribution in [-0.4, -0.2) is 0 Å². The van der Waals surface area contributed by atoms with Crippen LogP contribution < -0.4 is 0 Å². The fourth-order valence-corrected chi connectivity index (χ4v) is 1.53. The zero-order chi connectivity index (χ0) is 9.52. The van der Waals surface area contributed by atoms with Crippen molar-refractivity contribution in [2.24, 2.45) is 5.92 Å². The molecule has 1 fully saturated rings. The molecular weight excluding hydrogens is 156 g/mol. The lowest BCUT2D eigenvalue weighted by Gasteiger charge is -2.10. The molecule has 13 heavy (non-hydrogen) atoms. The molecule has 0 heteroatoms. The summed E-state index contributed by atoms with van der Waals surface area (Å²) in [5, 5.41) is 0. The third-order valence-electron chi connectivity index (χ3n) is 2.56. The molecule has 0 N–H and O–H groups in total. The monoisotopic (exact) mass is 176 g/mol. The number of rotatable bonds is 7. The van der Waals surface area contributed by atoms with Crippen LogP contribution >= 0.6 is 0 Å². The van der Waals surface area contributed by atoms with Crippen molar-refractivity contribution in [3.63, 3.8) is 0 Å². The highest BCUT2D eigenvalue weighted by molar-refractivity contribution is 5.16. The van der Waals surface area contributed by atoms with Crippen LogP contribution in [0.5, 0.6) is 0 Å². The van der Waals surface area contributed by atoms with Crippen LogP contribution in [0.1, 0.15) is 38.5 Å². The molecule has 0 aliphatic heterocycles. The Morgan fingerprint density at radius 3 is 2.46 bits per heavy atom. The Kier molecular flexibility index (Phi) is 4.59. The SMILES string of the molecule is C=CCCC(CC=C)CC=C1CC1. The van der Waals surface area contributed by atoms with Gasteiger partial charge in [-0.15, -0.1) is 13.2 Å². The van der Waals surface area contributed by atoms with E-state index in [-0.39, 0.29) is 0 Å². The molecule has 0 aromatic heterocycles. The van der Waals surface area contributed by atoms with Gasteiger partial charge in [0.25, 0.3) is 0 Å². The number of hydrogen-bond acceptors (Lipinski definition) is 0. The average molecular weight is 176 g/mol. The van der Waals surface area contributed by atoms with Gasteiger partial charge in [0.1, 0.15) is 0 Å². The molecule has 1 atom stereocenters. The maximum absolute atomic E-state index is 3.80. The molecule has 0 heterocycles. The number of hydrogen-bond donors (Lipinski definition) is 0. The molecule has 0 aromatic rings. The molecule has 0 aromatic carbocycles. The minimum absolute atomic E-state index is 0.795. The van der Waals surface area contributed by atoms with E-state index in [2.05, 4.69) is 19.2 Å². The van der Waals surface area contributed by atoms with Crippen LogP contribution in [0.2, 0.25) is 0 Å². The second-order valence-corrected chi connectivity index (χ2v) is 3.85. The Morgan fingerprint density at radius 2 is 1.92 bits per heavy atom. The van der Waals surface area contributed by atoms with E-state index in [1.807, 2.05) is 12.2 Å². The first kappa shape index (κ1) is 10.3. The first-order valence-electron chi connectivity index (χ1n) is 5.26. The van der Waals surface area contributed by atoms with Gasteiger partial charge in [0.05, 0.1) is 0 Å². The van der Waals surface area contributed by atoms with Crippen LogP contribution in [0.25, 0.3) is 0 Å². The van der Waals surface area contributed by atoms with E-state index in [0.717, 1.165) is 18.8 Å². The van der Waals surface area contributed by atoms with Gasteiger partial charge < -0.3 is 0 Å². The van der Waals surface area contributed by atoms with Crippen LogP contribution in [0.4, 0.5) is 0 Å². The third-order valence-corrected chi connectivity index (χ3v) is 2.56. The maximum atomic E-state index is 3.80. The van der Waals surface area contributed by atoms with Crippen molar-refractivity contribution in [1.82, 2.24) is 0 Å². The van der Waals surface area contributed by atoms with Gasteiger partial charge in [-0.2, -0.15) is 0 Å². The Labute approximate surface area is 82.0 Å². The van der Waals surface area contributed by atoms with Crippen molar-refractivity contribution in [1.29, 1.82) is 0 Å². The molecule has 1 saturated carbocycles. The van der Waals surface area contributed by atoms with E-state index in [0.29, 0.717) is 0 Å². The fraction of sp³-hybridized carbons (Fsp3) is 0.538. The summed E-state index contributed by atoms with van der Waals surface area (Å²) in [6.07, 6.45) is 14.0. The van der Waals surface area contributed by atoms with Gasteiger partial charge in [0.2, 0.25) is 0 Å². The zero-order valence-corrected chi connectivity index (χ0v) is 8.47. The van der Waals surface area contributed by atoms with Gasteiger partial charge in [-0.1, -0.05) is 23.8 Å². The molecule has 72 valence electrons. The van der Waals surface area contributed by atoms with E-state index >= 15 is 0 Å². The van der Waals surface area contributed by atoms with Gasteiger partial charge >= 0.3 is 0 Å². The zero-order valence-electron chi connectivity index (χ0n) is 8.47. The first-order valence-corrected chi connectivity index (χ1v) is 5.26. The highest BCUT2D eigenvalue weighted by Crippen LogP contribution is 2.30. The molecule has 1 aliphatic rings. The van der Waals surface area contributed by atoms with Gasteiger partial charge in [0.15, 0.2) is 0 Å². The summed E-state index contributed by atoms with van der Waals surface area (Å²) in [6, 6.07) is 0. The first-order chi connectivity index (χ1) is 6.36. The summed E-state index contributed by atoms with van der Waals surface area (Å²) < 4.78 is 0. The molecular formula is C13H20. The Balaban J connectivity index is 2.22. The molecule has 1 rings (SSSR count). The van der Waals surface area contributed by atoms with Crippen molar-refractivity contribution < 1.29 is 0 Å². The van der Waals surface area contributed by atoms with Crippen molar-refractivity contribution in [3.8, 4) is 0 Å². The highest BCUT2D eigenvalue weighted by atomic mass is 14.2. The molecule has 1 aliphatic carbocycles. The maximum Gasteiger partial charge on any atom is -0.0283 e. The van der Waals surface area contributed by atoms with Crippen LogP contribution in [0, 0.1) is 5.92 Å². The van der Waals surface area contributed by atoms with Crippen LogP contribution in [0.15, 0.2) is 37.0 Å². The van der Waals surface area contributed by atoms with Crippen molar-refractivity contribution in [3.05, 3.63) is 37.0 Å². The van der Waals surface area contributed by atoms with Crippen LogP contribution in [-0.2, 0) is 0 Å². The lowest BCUT2D eigenvalue weighted by molar-refractivity contribution is 0.503. The van der Waals surface area contributed by atoms with Gasteiger partial charge in [-0.05, 0) is 44.4 Å². The minimum Gasteiger partial charge on any atom is -0.103 e. The molecule has 0 spiro atoms. The summed E-state index contributed by atoms with van der Waals surface area (Å²) in [5.41, 5.74) is 1.66. The van der Waals surface area contributed by atoms with Gasteiger partial charge in [-0.25, -0.2) is 0 Å². The summed E-state index contributed by atoms with van der Waals surface area (Å²) in [6.45, 7) is 7.56. The second kappa shape index (κ2) is 5.80. The smallest absolute Gasteiger partial charge is 0.0283 e. The molecule has 0 radical (unpaired) electrons. The largest absolute Gasteiger partial charge is 0.103 e. The van der Waals surface area contributed by atoms with E-state index in [4.69, 9.17) is 0 Å². The summed E-state index contributed by atoms with van der Waals surface area (Å²) in [7, 11) is 0. The Bertz CT molecular complexity index is 192. The fourth-order valence-electron chi connectivity index (χ4n) is 1.53. The molecule has 0 bridgehead atoms. The lowest BCUT2D eigenvalue weighted by Crippen LogP contribution is -1.96. The topological polar surface area (TPSA) is 0 Å². The third kappa shape index (κ3) is 4.72. The summed E-state index contributed by atoms with van der Waals surface area (Å²) >= 11 is 0. The Morgan fingerprint density at radius 1 is 1.15 bits per heavy atom. The minimum atomic E-state index is 0.795. The van der Waals surface area contributed by atoms with E-state index < -0.39 is 0 Å². The average Bonchev–Trinajstić information content (AvgIpc) is 2.93. The molecule has 0 nitrogen and oxygen atoms in total. The van der Waals surface area contributed by atoms with Gasteiger partial charge in [-0.3, -0.25) is 0 Å². The normalized spacial score (nSPS) is 16.5. The predicted octanol–water partition coefficient (Wildman–Crippen LogP) is 4.26. The summed E-state index contributed by atoms with van der Waals surface area (Å²) in [4.78, 5) is 0. The summed E-state index contributed by atoms with van der Waals surface area (Å²) in [5.74, 6) is 0.795. The second-order valence-electron chi connectivity index (χ2n) is 3.85. The van der Waals surface area contributed by atoms with E-state index in [9.17, 15) is 0 Å². The molecule has 0 saturated heterocycles. The van der Waals surface area contributed by atoms with E-state index in [1.54, 1.807) is 5.57 Å². The van der Waals surface area contributed by atoms with Crippen LogP contribution in [0.3, 0.4) is 0 Å². The molecule has 1 unspecified atom stereocenters. The quantitative estimate of drug-likeness (QED) is 0.508. The van der Waals surface area contributed by atoms with Crippen molar-refractivity contribution >= 4 is 0 Å².